The number of aromatic carboxylic acids is 1. The fraction of sp³-hybridized carbons (Fsp3) is 0.762. The molecule has 2 saturated carbocycles. The molecule has 0 bridgehead atoms. The molecule has 1 heterocycles. The number of aliphatic hydroxyl groups excluding tert-OH is 1. The van der Waals surface area contributed by atoms with E-state index in [0.29, 0.717) is 16.7 Å². The Labute approximate surface area is 165 Å². The van der Waals surface area contributed by atoms with Crippen LogP contribution in [0.2, 0.25) is 0 Å². The topological polar surface area (TPSA) is 57.5 Å². The van der Waals surface area contributed by atoms with E-state index in [0.717, 1.165) is 42.9 Å². The van der Waals surface area contributed by atoms with Crippen molar-refractivity contribution in [2.24, 2.45) is 17.8 Å². The van der Waals surface area contributed by atoms with E-state index in [4.69, 9.17) is 16.7 Å². The lowest BCUT2D eigenvalue weighted by atomic mass is 9.80. The fourth-order valence-electron chi connectivity index (χ4n) is 4.98. The molecule has 26 heavy (non-hydrogen) atoms. The van der Waals surface area contributed by atoms with Crippen LogP contribution in [0, 0.1) is 17.8 Å². The Morgan fingerprint density at radius 3 is 2.58 bits per heavy atom. The van der Waals surface area contributed by atoms with Crippen molar-refractivity contribution in [1.29, 1.82) is 0 Å². The third-order valence-corrected chi connectivity index (χ3v) is 8.08. The molecule has 0 aliphatic heterocycles. The average Bonchev–Trinajstić information content (AvgIpc) is 3.19. The van der Waals surface area contributed by atoms with Gasteiger partial charge in [0.25, 0.3) is 0 Å². The van der Waals surface area contributed by atoms with Crippen molar-refractivity contribution >= 4 is 28.9 Å². The van der Waals surface area contributed by atoms with Gasteiger partial charge in [0.1, 0.15) is 4.88 Å². The summed E-state index contributed by atoms with van der Waals surface area (Å²) in [6, 6.07) is 3.62. The molecule has 2 N–H and O–H groups in total. The summed E-state index contributed by atoms with van der Waals surface area (Å²) in [5.41, 5.74) is 0. The molecule has 1 aromatic rings. The second-order valence-electron chi connectivity index (χ2n) is 8.19. The van der Waals surface area contributed by atoms with E-state index in [1.165, 1.54) is 49.9 Å². The minimum atomic E-state index is -0.844. The molecule has 146 valence electrons. The second kappa shape index (κ2) is 9.57. The van der Waals surface area contributed by atoms with Gasteiger partial charge < -0.3 is 10.2 Å². The van der Waals surface area contributed by atoms with Gasteiger partial charge in [-0.1, -0.05) is 38.5 Å². The van der Waals surface area contributed by atoms with Crippen LogP contribution in [0.15, 0.2) is 12.1 Å². The Balaban J connectivity index is 1.48. The van der Waals surface area contributed by atoms with Crippen LogP contribution in [0.3, 0.4) is 0 Å². The first-order valence-electron chi connectivity index (χ1n) is 10.2. The van der Waals surface area contributed by atoms with Gasteiger partial charge >= 0.3 is 5.97 Å². The lowest BCUT2D eigenvalue weighted by Crippen LogP contribution is -2.22. The Morgan fingerprint density at radius 2 is 1.88 bits per heavy atom. The van der Waals surface area contributed by atoms with Crippen molar-refractivity contribution in [2.75, 3.05) is 0 Å². The van der Waals surface area contributed by atoms with E-state index in [1.54, 1.807) is 6.07 Å². The minimum Gasteiger partial charge on any atom is -0.477 e. The molecule has 2 fully saturated rings. The van der Waals surface area contributed by atoms with Crippen LogP contribution in [0.1, 0.15) is 78.8 Å². The predicted octanol–water partition coefficient (Wildman–Crippen LogP) is 5.73. The molecular weight excluding hydrogens is 368 g/mol. The summed E-state index contributed by atoms with van der Waals surface area (Å²) in [6.07, 6.45) is 12.7. The smallest absolute Gasteiger partial charge is 0.345 e. The highest BCUT2D eigenvalue weighted by atomic mass is 35.5. The molecular formula is C21H31ClO3S. The maximum absolute atomic E-state index is 11.0. The largest absolute Gasteiger partial charge is 0.477 e. The fourth-order valence-corrected chi connectivity index (χ4v) is 6.36. The third kappa shape index (κ3) is 5.24. The zero-order valence-electron chi connectivity index (χ0n) is 15.4. The normalized spacial score (nSPS) is 29.9. The number of rotatable bonds is 8. The van der Waals surface area contributed by atoms with Crippen molar-refractivity contribution in [3.8, 4) is 0 Å². The van der Waals surface area contributed by atoms with Crippen LogP contribution in [0.4, 0.5) is 0 Å². The number of carbonyl (C=O) groups is 1. The van der Waals surface area contributed by atoms with Crippen molar-refractivity contribution in [2.45, 2.75) is 82.1 Å². The van der Waals surface area contributed by atoms with Gasteiger partial charge in [-0.3, -0.25) is 0 Å². The van der Waals surface area contributed by atoms with Gasteiger partial charge in [-0.2, -0.15) is 0 Å². The standard InChI is InChI=1S/C21H31ClO3S/c22-18-13-19(23)17(11-9-14-5-2-1-3-6-14)16(18)8-4-7-15-10-12-20(26-15)21(24)25/h10,12,14,16-19,23H,1-9,11,13H2,(H,24,25)/t16-,17-,18-,19-/m1/s1. The molecule has 3 nitrogen and oxygen atoms in total. The number of alkyl halides is 1. The molecule has 3 rings (SSSR count). The summed E-state index contributed by atoms with van der Waals surface area (Å²) in [5.74, 6) is 0.752. The number of thiophene rings is 1. The number of aliphatic hydroxyl groups is 1. The summed E-state index contributed by atoms with van der Waals surface area (Å²) in [5, 5.41) is 19.6. The van der Waals surface area contributed by atoms with Crippen LogP contribution >= 0.6 is 22.9 Å². The molecule has 0 unspecified atom stereocenters. The second-order valence-corrected chi connectivity index (χ2v) is 9.92. The van der Waals surface area contributed by atoms with Gasteiger partial charge in [0, 0.05) is 10.3 Å². The van der Waals surface area contributed by atoms with Crippen molar-refractivity contribution in [3.63, 3.8) is 0 Å². The van der Waals surface area contributed by atoms with Crippen LogP contribution in [-0.2, 0) is 6.42 Å². The third-order valence-electron chi connectivity index (χ3n) is 6.44. The van der Waals surface area contributed by atoms with E-state index < -0.39 is 5.97 Å². The van der Waals surface area contributed by atoms with Crippen LogP contribution in [0.25, 0.3) is 0 Å². The molecule has 0 amide bonds. The van der Waals surface area contributed by atoms with Crippen molar-refractivity contribution in [1.82, 2.24) is 0 Å². The van der Waals surface area contributed by atoms with Gasteiger partial charge in [-0.25, -0.2) is 4.79 Å². The summed E-state index contributed by atoms with van der Waals surface area (Å²) in [7, 11) is 0. The van der Waals surface area contributed by atoms with Gasteiger partial charge in [0.2, 0.25) is 0 Å². The van der Waals surface area contributed by atoms with Gasteiger partial charge in [-0.15, -0.1) is 22.9 Å². The molecule has 0 radical (unpaired) electrons. The van der Waals surface area contributed by atoms with Crippen LogP contribution in [0.5, 0.6) is 0 Å². The van der Waals surface area contributed by atoms with Gasteiger partial charge in [-0.05, 0) is 62.0 Å². The number of aryl methyl sites for hydroxylation is 1. The minimum absolute atomic E-state index is 0.0827. The first kappa shape index (κ1) is 20.2. The molecule has 0 aromatic carbocycles. The Hall–Kier alpha value is -0.580. The van der Waals surface area contributed by atoms with Crippen molar-refractivity contribution in [3.05, 3.63) is 21.9 Å². The first-order chi connectivity index (χ1) is 12.5. The molecule has 4 atom stereocenters. The van der Waals surface area contributed by atoms with E-state index in [1.807, 2.05) is 6.07 Å². The molecule has 0 spiro atoms. The van der Waals surface area contributed by atoms with E-state index in [-0.39, 0.29) is 11.5 Å². The molecule has 5 heteroatoms. The van der Waals surface area contributed by atoms with E-state index in [2.05, 4.69) is 0 Å². The monoisotopic (exact) mass is 398 g/mol. The van der Waals surface area contributed by atoms with Gasteiger partial charge in [0.15, 0.2) is 0 Å². The predicted molar refractivity (Wildman–Crippen MR) is 107 cm³/mol. The lowest BCUT2D eigenvalue weighted by molar-refractivity contribution is 0.0702. The Morgan fingerprint density at radius 1 is 1.12 bits per heavy atom. The summed E-state index contributed by atoms with van der Waals surface area (Å²) >= 11 is 7.95. The SMILES string of the molecule is O=C(O)c1ccc(CCC[C@@H]2[C@@H](CCC3CCCCC3)[C@H](O)C[C@H]2Cl)s1. The lowest BCUT2D eigenvalue weighted by Gasteiger charge is -2.27. The number of hydrogen-bond donors (Lipinski definition) is 2. The summed E-state index contributed by atoms with van der Waals surface area (Å²) in [4.78, 5) is 12.5. The highest BCUT2D eigenvalue weighted by molar-refractivity contribution is 7.13. The molecule has 0 saturated heterocycles. The maximum Gasteiger partial charge on any atom is 0.345 e. The van der Waals surface area contributed by atoms with E-state index in [9.17, 15) is 9.90 Å². The summed E-state index contributed by atoms with van der Waals surface area (Å²) in [6.45, 7) is 0. The van der Waals surface area contributed by atoms with Crippen LogP contribution < -0.4 is 0 Å². The average molecular weight is 399 g/mol. The van der Waals surface area contributed by atoms with Crippen LogP contribution in [-0.4, -0.2) is 27.7 Å². The molecule has 1 aromatic heterocycles. The number of halogens is 1. The first-order valence-corrected chi connectivity index (χ1v) is 11.4. The number of hydrogen-bond acceptors (Lipinski definition) is 3. The Bertz CT molecular complexity index is 582. The zero-order valence-corrected chi connectivity index (χ0v) is 17.0. The summed E-state index contributed by atoms with van der Waals surface area (Å²) < 4.78 is 0. The van der Waals surface area contributed by atoms with Gasteiger partial charge in [0.05, 0.1) is 6.10 Å². The molecule has 2 aliphatic carbocycles. The quantitative estimate of drug-likeness (QED) is 0.549. The zero-order chi connectivity index (χ0) is 18.5. The Kier molecular flexibility index (Phi) is 7.42. The number of carboxylic acid groups (broad SMARTS) is 1. The molecule has 2 aliphatic rings. The highest BCUT2D eigenvalue weighted by Crippen LogP contribution is 2.43. The number of carboxylic acids is 1. The van der Waals surface area contributed by atoms with Crippen molar-refractivity contribution < 1.29 is 15.0 Å². The highest BCUT2D eigenvalue weighted by Gasteiger charge is 2.40. The maximum atomic E-state index is 11.0. The van der Waals surface area contributed by atoms with E-state index >= 15 is 0 Å².